The molecule has 1 aliphatic heterocycles. The molecule has 4 rings (SSSR count). The van der Waals surface area contributed by atoms with Gasteiger partial charge in [0.1, 0.15) is 5.69 Å². The summed E-state index contributed by atoms with van der Waals surface area (Å²) in [6, 6.07) is 3.71. The zero-order valence-electron chi connectivity index (χ0n) is 13.6. The monoisotopic (exact) mass is 324 g/mol. The van der Waals surface area contributed by atoms with Gasteiger partial charge < -0.3 is 9.42 Å². The Labute approximate surface area is 138 Å². The molecule has 122 valence electrons. The van der Waals surface area contributed by atoms with Crippen LogP contribution >= 0.6 is 0 Å². The van der Waals surface area contributed by atoms with Crippen molar-refractivity contribution in [2.24, 2.45) is 7.05 Å². The molecule has 0 bridgehead atoms. The summed E-state index contributed by atoms with van der Waals surface area (Å²) in [5, 5.41) is 8.28. The van der Waals surface area contributed by atoms with E-state index in [2.05, 4.69) is 20.2 Å². The van der Waals surface area contributed by atoms with Gasteiger partial charge in [-0.2, -0.15) is 10.1 Å². The maximum atomic E-state index is 12.8. The Bertz CT molecular complexity index is 942. The van der Waals surface area contributed by atoms with Gasteiger partial charge in [-0.1, -0.05) is 11.2 Å². The highest BCUT2D eigenvalue weighted by Crippen LogP contribution is 2.32. The molecule has 0 spiro atoms. The van der Waals surface area contributed by atoms with Crippen molar-refractivity contribution in [3.63, 3.8) is 0 Å². The van der Waals surface area contributed by atoms with Gasteiger partial charge in [0.25, 0.3) is 11.8 Å². The van der Waals surface area contributed by atoms with Crippen molar-refractivity contribution in [1.29, 1.82) is 0 Å². The average Bonchev–Trinajstić information content (AvgIpc) is 3.24. The number of carbonyl (C=O) groups is 1. The van der Waals surface area contributed by atoms with Crippen LogP contribution in [-0.4, -0.2) is 35.7 Å². The van der Waals surface area contributed by atoms with Crippen molar-refractivity contribution < 1.29 is 9.32 Å². The summed E-state index contributed by atoms with van der Waals surface area (Å²) in [7, 11) is 1.85. The zero-order valence-corrected chi connectivity index (χ0v) is 13.6. The first-order valence-corrected chi connectivity index (χ1v) is 7.61. The van der Waals surface area contributed by atoms with Crippen LogP contribution in [-0.2, 0) is 20.1 Å². The summed E-state index contributed by atoms with van der Waals surface area (Å²) in [6.07, 6.45) is 1.64. The first kappa shape index (κ1) is 14.6. The molecule has 0 unspecified atom stereocenters. The van der Waals surface area contributed by atoms with Crippen LogP contribution in [0.3, 0.4) is 0 Å². The molecule has 1 aliphatic rings. The third-order valence-corrected chi connectivity index (χ3v) is 4.19. The van der Waals surface area contributed by atoms with E-state index in [4.69, 9.17) is 4.52 Å². The highest BCUT2D eigenvalue weighted by atomic mass is 16.5. The maximum absolute atomic E-state index is 12.8. The quantitative estimate of drug-likeness (QED) is 0.712. The number of aryl methyl sites for hydroxylation is 3. The van der Waals surface area contributed by atoms with Crippen molar-refractivity contribution in [2.45, 2.75) is 26.9 Å². The van der Waals surface area contributed by atoms with Crippen LogP contribution in [0.4, 0.5) is 0 Å². The number of amides is 1. The zero-order chi connectivity index (χ0) is 16.8. The summed E-state index contributed by atoms with van der Waals surface area (Å²) >= 11 is 0. The van der Waals surface area contributed by atoms with Crippen LogP contribution < -0.4 is 0 Å². The lowest BCUT2D eigenvalue weighted by molar-refractivity contribution is 0.0741. The van der Waals surface area contributed by atoms with Gasteiger partial charge in [-0.3, -0.25) is 14.5 Å². The molecular formula is C16H16N6O2. The van der Waals surface area contributed by atoms with Crippen LogP contribution in [0.15, 0.2) is 22.9 Å². The Hall–Kier alpha value is -3.03. The number of rotatable bonds is 2. The van der Waals surface area contributed by atoms with Gasteiger partial charge in [0.15, 0.2) is 11.5 Å². The van der Waals surface area contributed by atoms with Crippen molar-refractivity contribution in [2.75, 3.05) is 0 Å². The predicted molar refractivity (Wildman–Crippen MR) is 83.8 cm³/mol. The third kappa shape index (κ3) is 2.18. The molecule has 8 heteroatoms. The highest BCUT2D eigenvalue weighted by Gasteiger charge is 2.33. The molecule has 0 radical (unpaired) electrons. The van der Waals surface area contributed by atoms with Gasteiger partial charge in [-0.15, -0.1) is 0 Å². The molecule has 8 nitrogen and oxygen atoms in total. The van der Waals surface area contributed by atoms with Gasteiger partial charge in [0, 0.05) is 18.8 Å². The summed E-state index contributed by atoms with van der Waals surface area (Å²) < 4.78 is 7.00. The van der Waals surface area contributed by atoms with Gasteiger partial charge in [0.05, 0.1) is 18.8 Å². The molecule has 1 amide bonds. The van der Waals surface area contributed by atoms with E-state index in [0.717, 1.165) is 16.8 Å². The SMILES string of the molecule is Cc1noc(-c2nn(C)c3c2CN(C(=O)c2ncccc2C)C3)n1. The summed E-state index contributed by atoms with van der Waals surface area (Å²) in [5.74, 6) is 0.851. The van der Waals surface area contributed by atoms with Gasteiger partial charge in [-0.25, -0.2) is 0 Å². The molecule has 0 fully saturated rings. The first-order chi connectivity index (χ1) is 11.5. The lowest BCUT2D eigenvalue weighted by Gasteiger charge is -2.16. The highest BCUT2D eigenvalue weighted by molar-refractivity contribution is 5.94. The predicted octanol–water partition coefficient (Wildman–Crippen LogP) is 1.64. The maximum Gasteiger partial charge on any atom is 0.278 e. The van der Waals surface area contributed by atoms with Crippen LogP contribution in [0.1, 0.15) is 33.1 Å². The molecule has 0 atom stereocenters. The van der Waals surface area contributed by atoms with Crippen LogP contribution in [0.5, 0.6) is 0 Å². The summed E-state index contributed by atoms with van der Waals surface area (Å²) in [5.41, 5.74) is 3.91. The lowest BCUT2D eigenvalue weighted by Crippen LogP contribution is -2.27. The number of carbonyl (C=O) groups excluding carboxylic acids is 1. The van der Waals surface area contributed by atoms with Crippen LogP contribution in [0, 0.1) is 13.8 Å². The number of pyridine rings is 1. The Balaban J connectivity index is 1.67. The van der Waals surface area contributed by atoms with Gasteiger partial charge in [-0.05, 0) is 25.5 Å². The van der Waals surface area contributed by atoms with Crippen LogP contribution in [0.25, 0.3) is 11.6 Å². The molecular weight excluding hydrogens is 308 g/mol. The molecule has 0 aromatic carbocycles. The van der Waals surface area contributed by atoms with E-state index in [0.29, 0.717) is 36.2 Å². The minimum atomic E-state index is -0.0861. The van der Waals surface area contributed by atoms with Crippen molar-refractivity contribution >= 4 is 5.91 Å². The molecule has 3 aromatic rings. The summed E-state index contributed by atoms with van der Waals surface area (Å²) in [4.78, 5) is 23.0. The van der Waals surface area contributed by atoms with E-state index >= 15 is 0 Å². The number of aromatic nitrogens is 5. The van der Waals surface area contributed by atoms with E-state index in [-0.39, 0.29) is 5.91 Å². The van der Waals surface area contributed by atoms with Gasteiger partial charge >= 0.3 is 0 Å². The Morgan fingerprint density at radius 1 is 1.29 bits per heavy atom. The molecule has 4 heterocycles. The van der Waals surface area contributed by atoms with E-state index in [1.54, 1.807) is 22.7 Å². The Morgan fingerprint density at radius 2 is 2.12 bits per heavy atom. The topological polar surface area (TPSA) is 89.9 Å². The smallest absolute Gasteiger partial charge is 0.278 e. The second-order valence-corrected chi connectivity index (χ2v) is 5.87. The first-order valence-electron chi connectivity index (χ1n) is 7.61. The number of nitrogens with zero attached hydrogens (tertiary/aromatic N) is 6. The fourth-order valence-corrected chi connectivity index (χ4v) is 2.96. The molecule has 0 N–H and O–H groups in total. The summed E-state index contributed by atoms with van der Waals surface area (Å²) in [6.45, 7) is 4.59. The second-order valence-electron chi connectivity index (χ2n) is 5.87. The molecule has 3 aromatic heterocycles. The van der Waals surface area contributed by atoms with Crippen molar-refractivity contribution in [3.05, 3.63) is 46.7 Å². The second kappa shape index (κ2) is 5.26. The van der Waals surface area contributed by atoms with Crippen LogP contribution in [0.2, 0.25) is 0 Å². The van der Waals surface area contributed by atoms with E-state index in [1.807, 2.05) is 26.1 Å². The van der Waals surface area contributed by atoms with Crippen molar-refractivity contribution in [1.82, 2.24) is 29.8 Å². The normalized spacial score (nSPS) is 13.4. The Kier molecular flexibility index (Phi) is 3.19. The average molecular weight is 324 g/mol. The molecule has 0 saturated carbocycles. The van der Waals surface area contributed by atoms with E-state index in [9.17, 15) is 4.79 Å². The fraction of sp³-hybridized carbons (Fsp3) is 0.312. The number of hydrogen-bond acceptors (Lipinski definition) is 6. The number of fused-ring (bicyclic) bond motifs is 1. The number of hydrogen-bond donors (Lipinski definition) is 0. The minimum Gasteiger partial charge on any atom is -0.332 e. The minimum absolute atomic E-state index is 0.0861. The van der Waals surface area contributed by atoms with E-state index < -0.39 is 0 Å². The van der Waals surface area contributed by atoms with E-state index in [1.165, 1.54) is 0 Å². The molecule has 0 aliphatic carbocycles. The van der Waals surface area contributed by atoms with Crippen molar-refractivity contribution in [3.8, 4) is 11.6 Å². The lowest BCUT2D eigenvalue weighted by atomic mass is 10.2. The Morgan fingerprint density at radius 3 is 2.83 bits per heavy atom. The third-order valence-electron chi connectivity index (χ3n) is 4.19. The standard InChI is InChI=1S/C16H16N6O2/c1-9-5-4-6-17-13(9)16(23)22-7-11-12(8-22)21(3)19-14(11)15-18-10(2)20-24-15/h4-6H,7-8H2,1-3H3. The molecule has 0 saturated heterocycles. The van der Waals surface area contributed by atoms with Gasteiger partial charge in [0.2, 0.25) is 0 Å². The fourth-order valence-electron chi connectivity index (χ4n) is 2.96. The largest absolute Gasteiger partial charge is 0.332 e. The molecule has 24 heavy (non-hydrogen) atoms.